The van der Waals surface area contributed by atoms with E-state index in [-0.39, 0.29) is 0 Å². The molecule has 8 aromatic rings. The fourth-order valence-electron chi connectivity index (χ4n) is 6.43. The number of hydrogen-bond acceptors (Lipinski definition) is 3. The lowest BCUT2D eigenvalue weighted by Gasteiger charge is -2.26. The van der Waals surface area contributed by atoms with Gasteiger partial charge in [0.05, 0.1) is 33.8 Å². The summed E-state index contributed by atoms with van der Waals surface area (Å²) in [7, 11) is 0. The minimum atomic E-state index is 0.829. The molecule has 0 fully saturated rings. The maximum Gasteiger partial charge on any atom is 0.138 e. The fraction of sp³-hybridized carbons (Fsp3) is 0. The minimum Gasteiger partial charge on any atom is -0.353 e. The summed E-state index contributed by atoms with van der Waals surface area (Å²) in [6, 6.07) is 49.2. The monoisotopic (exact) mass is 536 g/mol. The molecule has 9 rings (SSSR count). The molecule has 4 nitrogen and oxygen atoms in total. The number of pyridine rings is 2. The first-order valence-corrected chi connectivity index (χ1v) is 14.2. The number of nitrogens with zero attached hydrogens (tertiary/aromatic N) is 3. The van der Waals surface area contributed by atoms with Crippen LogP contribution in [0.15, 0.2) is 140 Å². The molecule has 196 valence electrons. The lowest BCUT2D eigenvalue weighted by Crippen LogP contribution is -2.12. The maximum atomic E-state index is 5.23. The number of benzene rings is 5. The molecule has 42 heavy (non-hydrogen) atoms. The van der Waals surface area contributed by atoms with E-state index in [0.29, 0.717) is 0 Å². The molecule has 0 atom stereocenters. The van der Waals surface area contributed by atoms with Crippen molar-refractivity contribution >= 4 is 49.8 Å². The van der Waals surface area contributed by atoms with Gasteiger partial charge in [-0.15, -0.1) is 0 Å². The van der Waals surface area contributed by atoms with Gasteiger partial charge in [0.1, 0.15) is 5.82 Å². The number of fused-ring (bicyclic) bond motifs is 11. The van der Waals surface area contributed by atoms with Gasteiger partial charge in [-0.25, -0.2) is 9.97 Å². The van der Waals surface area contributed by atoms with Crippen molar-refractivity contribution in [3.05, 3.63) is 140 Å². The van der Waals surface area contributed by atoms with Crippen molar-refractivity contribution in [2.24, 2.45) is 0 Å². The fourth-order valence-corrected chi connectivity index (χ4v) is 6.43. The van der Waals surface area contributed by atoms with Gasteiger partial charge in [0.15, 0.2) is 0 Å². The molecule has 0 amide bonds. The van der Waals surface area contributed by atoms with E-state index in [0.717, 1.165) is 62.0 Å². The van der Waals surface area contributed by atoms with E-state index in [2.05, 4.69) is 137 Å². The van der Waals surface area contributed by atoms with Gasteiger partial charge in [-0.05, 0) is 53.4 Å². The minimum absolute atomic E-state index is 0.829. The molecule has 0 spiro atoms. The van der Waals surface area contributed by atoms with Crippen LogP contribution < -0.4 is 4.90 Å². The van der Waals surface area contributed by atoms with Crippen molar-refractivity contribution < 1.29 is 0 Å². The average molecular weight is 537 g/mol. The Balaban J connectivity index is 1.42. The Morgan fingerprint density at radius 3 is 2.02 bits per heavy atom. The van der Waals surface area contributed by atoms with Crippen molar-refractivity contribution in [2.75, 3.05) is 4.90 Å². The number of rotatable bonds is 1. The molecule has 0 unspecified atom stereocenters. The highest BCUT2D eigenvalue weighted by Crippen LogP contribution is 2.42. The topological polar surface area (TPSA) is 44.8 Å². The van der Waals surface area contributed by atoms with Crippen molar-refractivity contribution in [2.45, 2.75) is 0 Å². The van der Waals surface area contributed by atoms with Crippen LogP contribution in [0.25, 0.3) is 66.4 Å². The Hall–Kier alpha value is -5.74. The second kappa shape index (κ2) is 8.88. The van der Waals surface area contributed by atoms with Crippen LogP contribution >= 0.6 is 0 Å². The summed E-state index contributed by atoms with van der Waals surface area (Å²) in [5.74, 6) is 0.838. The van der Waals surface area contributed by atoms with Crippen LogP contribution in [0.2, 0.25) is 0 Å². The average Bonchev–Trinajstić information content (AvgIpc) is 3.44. The zero-order valence-electron chi connectivity index (χ0n) is 22.6. The van der Waals surface area contributed by atoms with E-state index in [1.54, 1.807) is 0 Å². The third-order valence-electron chi connectivity index (χ3n) is 8.34. The van der Waals surface area contributed by atoms with Gasteiger partial charge in [0, 0.05) is 33.0 Å². The molecule has 1 aliphatic rings. The van der Waals surface area contributed by atoms with Gasteiger partial charge in [-0.3, -0.25) is 4.90 Å². The Bertz CT molecular complexity index is 2330. The van der Waals surface area contributed by atoms with Crippen LogP contribution in [0.3, 0.4) is 0 Å². The Labute approximate surface area is 242 Å². The highest BCUT2D eigenvalue weighted by atomic mass is 15.2. The molecular formula is C38H24N4. The normalized spacial score (nSPS) is 12.2. The number of aromatic amines is 1. The zero-order chi connectivity index (χ0) is 27.6. The molecule has 0 aliphatic carbocycles. The van der Waals surface area contributed by atoms with Crippen LogP contribution in [0.5, 0.6) is 0 Å². The smallest absolute Gasteiger partial charge is 0.138 e. The molecule has 1 N–H and O–H groups in total. The Morgan fingerprint density at radius 1 is 0.476 bits per heavy atom. The molecular weight excluding hydrogens is 512 g/mol. The number of anilines is 3. The first-order chi connectivity index (χ1) is 20.8. The van der Waals surface area contributed by atoms with Crippen molar-refractivity contribution in [3.8, 4) is 33.8 Å². The molecule has 5 aromatic carbocycles. The number of hydrogen-bond donors (Lipinski definition) is 1. The van der Waals surface area contributed by atoms with Crippen LogP contribution in [-0.2, 0) is 0 Å². The standard InChI is InChI=1S/C38H24N4/c1-2-13-27-24(9-1)10-4-21-35(27)42-26-12-3-11-25(23-26)28-14-5-15-29-30-16-6-17-31(38(30)41-37(28)29)32-18-7-19-33(39-32)34-20-8-22-36(42)40-34/h1-23,41H. The summed E-state index contributed by atoms with van der Waals surface area (Å²) in [4.78, 5) is 16.5. The zero-order valence-corrected chi connectivity index (χ0v) is 22.6. The molecule has 4 heterocycles. The molecule has 0 saturated heterocycles. The molecule has 0 radical (unpaired) electrons. The quantitative estimate of drug-likeness (QED) is 0.227. The summed E-state index contributed by atoms with van der Waals surface area (Å²) in [6.07, 6.45) is 0. The highest BCUT2D eigenvalue weighted by Gasteiger charge is 2.20. The van der Waals surface area contributed by atoms with Crippen molar-refractivity contribution in [3.63, 3.8) is 0 Å². The summed E-state index contributed by atoms with van der Waals surface area (Å²) in [5.41, 5.74) is 10.3. The maximum absolute atomic E-state index is 5.23. The van der Waals surface area contributed by atoms with Gasteiger partial charge >= 0.3 is 0 Å². The highest BCUT2D eigenvalue weighted by molar-refractivity contribution is 6.15. The Morgan fingerprint density at radius 2 is 1.12 bits per heavy atom. The van der Waals surface area contributed by atoms with E-state index in [9.17, 15) is 0 Å². The predicted octanol–water partition coefficient (Wildman–Crippen LogP) is 10.0. The van der Waals surface area contributed by atoms with Crippen LogP contribution in [0, 0.1) is 0 Å². The van der Waals surface area contributed by atoms with Crippen LogP contribution in [-0.4, -0.2) is 15.0 Å². The van der Waals surface area contributed by atoms with Gasteiger partial charge < -0.3 is 4.98 Å². The molecule has 4 heteroatoms. The van der Waals surface area contributed by atoms with E-state index >= 15 is 0 Å². The SMILES string of the molecule is c1cc2cc(c1)N(c1cccc3ccccc13)c1cccc(n1)-c1cccc(n1)-c1cccc3c1[nH]c1c-2cccc13. The van der Waals surface area contributed by atoms with Gasteiger partial charge in [-0.1, -0.05) is 97.1 Å². The third-order valence-corrected chi connectivity index (χ3v) is 8.34. The van der Waals surface area contributed by atoms with Crippen molar-refractivity contribution in [1.82, 2.24) is 15.0 Å². The second-order valence-corrected chi connectivity index (χ2v) is 10.8. The number of para-hydroxylation sites is 2. The molecule has 1 aliphatic heterocycles. The third kappa shape index (κ3) is 3.42. The van der Waals surface area contributed by atoms with Gasteiger partial charge in [0.25, 0.3) is 0 Å². The summed E-state index contributed by atoms with van der Waals surface area (Å²) < 4.78 is 0. The number of nitrogens with one attached hydrogen (secondary N) is 1. The lowest BCUT2D eigenvalue weighted by molar-refractivity contribution is 1.17. The number of aromatic nitrogens is 3. The Kier molecular flexibility index (Phi) is 4.87. The van der Waals surface area contributed by atoms with E-state index in [1.807, 2.05) is 12.1 Å². The first-order valence-electron chi connectivity index (χ1n) is 14.2. The second-order valence-electron chi connectivity index (χ2n) is 10.8. The first kappa shape index (κ1) is 23.0. The van der Waals surface area contributed by atoms with Gasteiger partial charge in [-0.2, -0.15) is 0 Å². The molecule has 0 saturated carbocycles. The van der Waals surface area contributed by atoms with Crippen LogP contribution in [0.1, 0.15) is 0 Å². The molecule has 3 aromatic heterocycles. The lowest BCUT2D eigenvalue weighted by atomic mass is 10.00. The van der Waals surface area contributed by atoms with Gasteiger partial charge in [0.2, 0.25) is 0 Å². The largest absolute Gasteiger partial charge is 0.353 e. The predicted molar refractivity (Wildman–Crippen MR) is 173 cm³/mol. The number of H-pyrrole nitrogens is 1. The summed E-state index contributed by atoms with van der Waals surface area (Å²) >= 11 is 0. The van der Waals surface area contributed by atoms with Crippen LogP contribution in [0.4, 0.5) is 17.2 Å². The van der Waals surface area contributed by atoms with E-state index in [4.69, 9.17) is 9.97 Å². The van der Waals surface area contributed by atoms with E-state index < -0.39 is 0 Å². The summed E-state index contributed by atoms with van der Waals surface area (Å²) in [6.45, 7) is 0. The molecule has 8 bridgehead atoms. The summed E-state index contributed by atoms with van der Waals surface area (Å²) in [5, 5.41) is 4.75. The van der Waals surface area contributed by atoms with Crippen molar-refractivity contribution in [1.29, 1.82) is 0 Å². The van der Waals surface area contributed by atoms with E-state index in [1.165, 1.54) is 21.5 Å².